The first kappa shape index (κ1) is 31.4. The lowest BCUT2D eigenvalue weighted by molar-refractivity contribution is -0.117. The molecule has 1 aromatic carbocycles. The van der Waals surface area contributed by atoms with E-state index in [4.69, 9.17) is 9.72 Å². The maximum Gasteiger partial charge on any atom is 0.318 e. The molecule has 0 aliphatic carbocycles. The van der Waals surface area contributed by atoms with Crippen LogP contribution in [0.5, 0.6) is 6.01 Å². The number of ether oxygens (including phenoxy) is 1. The number of aromatic amines is 1. The van der Waals surface area contributed by atoms with Crippen molar-refractivity contribution in [3.63, 3.8) is 0 Å². The highest BCUT2D eigenvalue weighted by Gasteiger charge is 2.28. The Morgan fingerprint density at radius 1 is 1.08 bits per heavy atom. The largest absolute Gasteiger partial charge is 0.459 e. The summed E-state index contributed by atoms with van der Waals surface area (Å²) in [6.45, 7) is 8.44. The van der Waals surface area contributed by atoms with Crippen LogP contribution in [0.25, 0.3) is 22.2 Å². The Balaban J connectivity index is 0.987. The number of likely N-dealkylation sites (N-methyl/N-ethyl adjacent to an activating group) is 1. The van der Waals surface area contributed by atoms with Crippen molar-refractivity contribution in [2.24, 2.45) is 7.05 Å². The smallest absolute Gasteiger partial charge is 0.318 e. The van der Waals surface area contributed by atoms with Crippen LogP contribution in [-0.2, 0) is 11.8 Å². The van der Waals surface area contributed by atoms with Crippen LogP contribution in [-0.4, -0.2) is 109 Å². The number of rotatable bonds is 9. The molecule has 2 aliphatic rings. The fourth-order valence-corrected chi connectivity index (χ4v) is 6.18. The van der Waals surface area contributed by atoms with Crippen LogP contribution in [0.15, 0.2) is 42.9 Å². The van der Waals surface area contributed by atoms with E-state index >= 15 is 0 Å². The van der Waals surface area contributed by atoms with Crippen molar-refractivity contribution in [3.8, 4) is 17.3 Å². The Labute approximate surface area is 277 Å². The Bertz CT molecular complexity index is 1930. The number of benzene rings is 1. The number of para-hydroxylation sites is 1. The first-order valence-corrected chi connectivity index (χ1v) is 16.1. The lowest BCUT2D eigenvalue weighted by Gasteiger charge is -2.33. The van der Waals surface area contributed by atoms with Crippen molar-refractivity contribution in [1.29, 1.82) is 0 Å². The molecule has 0 bridgehead atoms. The lowest BCUT2D eigenvalue weighted by atomic mass is 10.1. The number of H-pyrrole nitrogens is 1. The van der Waals surface area contributed by atoms with E-state index in [9.17, 15) is 9.18 Å². The zero-order valence-electron chi connectivity index (χ0n) is 27.5. The van der Waals surface area contributed by atoms with E-state index in [2.05, 4.69) is 40.6 Å². The quantitative estimate of drug-likeness (QED) is 0.215. The minimum atomic E-state index is -0.453. The molecule has 15 heteroatoms. The van der Waals surface area contributed by atoms with Gasteiger partial charge < -0.3 is 30.2 Å². The van der Waals surface area contributed by atoms with Gasteiger partial charge in [0.2, 0.25) is 11.9 Å². The molecule has 2 aliphatic heterocycles. The zero-order chi connectivity index (χ0) is 33.4. The van der Waals surface area contributed by atoms with Gasteiger partial charge in [0.1, 0.15) is 6.10 Å². The number of carbonyl (C=O) groups is 1. The van der Waals surface area contributed by atoms with E-state index in [1.807, 2.05) is 68.2 Å². The molecular formula is C33H39FN12O2. The molecular weight excluding hydrogens is 615 g/mol. The van der Waals surface area contributed by atoms with E-state index in [-0.39, 0.29) is 30.4 Å². The Kier molecular flexibility index (Phi) is 8.62. The van der Waals surface area contributed by atoms with Gasteiger partial charge in [0.15, 0.2) is 17.5 Å². The van der Waals surface area contributed by atoms with Crippen molar-refractivity contribution < 1.29 is 13.9 Å². The molecule has 4 aromatic heterocycles. The fourth-order valence-electron chi connectivity index (χ4n) is 6.18. The second kappa shape index (κ2) is 13.2. The average molecular weight is 655 g/mol. The molecule has 0 unspecified atom stereocenters. The molecule has 7 rings (SSSR count). The van der Waals surface area contributed by atoms with Crippen molar-refractivity contribution in [1.82, 2.24) is 44.5 Å². The Morgan fingerprint density at radius 2 is 1.92 bits per heavy atom. The van der Waals surface area contributed by atoms with Crippen LogP contribution >= 0.6 is 0 Å². The summed E-state index contributed by atoms with van der Waals surface area (Å²) in [5.74, 6) is 0.802. The number of nitrogens with one attached hydrogen (secondary N) is 3. The van der Waals surface area contributed by atoms with Gasteiger partial charge in [-0.25, -0.2) is 19.3 Å². The highest BCUT2D eigenvalue weighted by atomic mass is 19.1. The molecule has 2 fully saturated rings. The third kappa shape index (κ3) is 6.64. The van der Waals surface area contributed by atoms with Crippen molar-refractivity contribution >= 4 is 40.1 Å². The zero-order valence-corrected chi connectivity index (χ0v) is 27.5. The van der Waals surface area contributed by atoms with Crippen LogP contribution in [0, 0.1) is 19.7 Å². The Morgan fingerprint density at radius 3 is 2.71 bits per heavy atom. The average Bonchev–Trinajstić information content (AvgIpc) is 3.78. The van der Waals surface area contributed by atoms with E-state index in [0.29, 0.717) is 50.1 Å². The number of likely N-dealkylation sites (tertiary alicyclic amines) is 1. The molecule has 2 saturated heterocycles. The van der Waals surface area contributed by atoms with E-state index in [1.165, 1.54) is 6.20 Å². The molecule has 48 heavy (non-hydrogen) atoms. The molecule has 1 atom stereocenters. The molecule has 6 heterocycles. The number of halogens is 1. The van der Waals surface area contributed by atoms with Gasteiger partial charge in [0.25, 0.3) is 0 Å². The number of hydrogen-bond donors (Lipinski definition) is 3. The van der Waals surface area contributed by atoms with Gasteiger partial charge in [0.05, 0.1) is 29.6 Å². The summed E-state index contributed by atoms with van der Waals surface area (Å²) in [5, 5.41) is 11.6. The van der Waals surface area contributed by atoms with Gasteiger partial charge >= 0.3 is 6.01 Å². The van der Waals surface area contributed by atoms with Gasteiger partial charge in [-0.05, 0) is 38.9 Å². The standard InChI is InChI=1S/C33H39FN12O2/c1-20-15-36-32(39-27-14-21(2)44(4)42-27)40-29(20)24-16-35-30-23(24)6-5-7-26(30)38-28(47)19-45-9-8-22(18-45)48-33-37-17-25(34)31(41-33)46-12-10-43(3)11-13-46/h5-7,14-17,22,35H,8-13,18-19H2,1-4H3,(H,38,47)(H,36,39,40,42)/t22-/m0/s1. The molecule has 250 valence electrons. The monoisotopic (exact) mass is 654 g/mol. The first-order valence-electron chi connectivity index (χ1n) is 16.1. The maximum atomic E-state index is 14.6. The number of carbonyl (C=O) groups excluding carboxylic acids is 1. The van der Waals surface area contributed by atoms with Gasteiger partial charge in [-0.3, -0.25) is 14.4 Å². The molecule has 3 N–H and O–H groups in total. The minimum Gasteiger partial charge on any atom is -0.459 e. The predicted molar refractivity (Wildman–Crippen MR) is 181 cm³/mol. The van der Waals surface area contributed by atoms with E-state index in [0.717, 1.165) is 46.5 Å². The van der Waals surface area contributed by atoms with Crippen molar-refractivity contribution in [3.05, 3.63) is 59.9 Å². The predicted octanol–water partition coefficient (Wildman–Crippen LogP) is 3.49. The SMILES string of the molecule is Cc1cnc(Nc2cc(C)n(C)n2)nc1-c1c[nH]c2c(NC(=O)CN3CC[C@H](Oc4ncc(F)c(N5CCN(C)CC5)n4)C3)cccc12. The molecule has 0 spiro atoms. The summed E-state index contributed by atoms with van der Waals surface area (Å²) in [5.41, 5.74) is 5.10. The molecule has 14 nitrogen and oxygen atoms in total. The number of anilines is 4. The number of hydrogen-bond acceptors (Lipinski definition) is 11. The van der Waals surface area contributed by atoms with E-state index in [1.54, 1.807) is 10.9 Å². The maximum absolute atomic E-state index is 14.6. The number of aromatic nitrogens is 7. The van der Waals surface area contributed by atoms with Crippen LogP contribution in [0.4, 0.5) is 27.7 Å². The van der Waals surface area contributed by atoms with Gasteiger partial charge in [-0.2, -0.15) is 10.1 Å². The number of aryl methyl sites for hydroxylation is 3. The summed E-state index contributed by atoms with van der Waals surface area (Å²) < 4.78 is 22.4. The van der Waals surface area contributed by atoms with Gasteiger partial charge in [-0.15, -0.1) is 0 Å². The summed E-state index contributed by atoms with van der Waals surface area (Å²) in [6, 6.07) is 7.89. The third-order valence-corrected chi connectivity index (χ3v) is 8.94. The summed E-state index contributed by atoms with van der Waals surface area (Å²) in [6.07, 6.45) is 5.37. The van der Waals surface area contributed by atoms with Crippen LogP contribution < -0.4 is 20.3 Å². The van der Waals surface area contributed by atoms with Crippen LogP contribution in [0.3, 0.4) is 0 Å². The minimum absolute atomic E-state index is 0.134. The van der Waals surface area contributed by atoms with Gasteiger partial charge in [0, 0.05) is 81.4 Å². The summed E-state index contributed by atoms with van der Waals surface area (Å²) in [4.78, 5) is 40.4. The number of fused-ring (bicyclic) bond motifs is 1. The molecule has 1 amide bonds. The highest BCUT2D eigenvalue weighted by Crippen LogP contribution is 2.33. The second-order valence-electron chi connectivity index (χ2n) is 12.5. The van der Waals surface area contributed by atoms with Crippen LogP contribution in [0.1, 0.15) is 17.7 Å². The topological polar surface area (TPSA) is 145 Å². The number of nitrogens with zero attached hydrogens (tertiary/aromatic N) is 9. The highest BCUT2D eigenvalue weighted by molar-refractivity contribution is 6.06. The van der Waals surface area contributed by atoms with E-state index < -0.39 is 5.82 Å². The normalized spacial score (nSPS) is 17.3. The molecule has 0 saturated carbocycles. The second-order valence-corrected chi connectivity index (χ2v) is 12.5. The Hall–Kier alpha value is -5.15. The van der Waals surface area contributed by atoms with Gasteiger partial charge in [-0.1, -0.05) is 12.1 Å². The number of piperazine rings is 1. The first-order chi connectivity index (χ1) is 23.2. The third-order valence-electron chi connectivity index (χ3n) is 8.94. The van der Waals surface area contributed by atoms with Crippen LogP contribution in [0.2, 0.25) is 0 Å². The lowest BCUT2D eigenvalue weighted by Crippen LogP contribution is -2.45. The summed E-state index contributed by atoms with van der Waals surface area (Å²) >= 11 is 0. The number of amides is 1. The van der Waals surface area contributed by atoms with Crippen molar-refractivity contribution in [2.75, 3.05) is 68.4 Å². The van der Waals surface area contributed by atoms with Crippen molar-refractivity contribution in [2.45, 2.75) is 26.4 Å². The fraction of sp³-hybridized carbons (Fsp3) is 0.394. The summed E-state index contributed by atoms with van der Waals surface area (Å²) in [7, 11) is 3.93. The molecule has 0 radical (unpaired) electrons. The molecule has 5 aromatic rings.